The fourth-order valence-corrected chi connectivity index (χ4v) is 2.43. The van der Waals surface area contributed by atoms with E-state index in [-0.39, 0.29) is 5.91 Å². The number of anilines is 1. The Balaban J connectivity index is 1.84. The number of piperazine rings is 1. The van der Waals surface area contributed by atoms with Gasteiger partial charge in [-0.3, -0.25) is 9.59 Å². The van der Waals surface area contributed by atoms with E-state index in [1.54, 1.807) is 22.1 Å². The smallest absolute Gasteiger partial charge is 0.272 e. The standard InChI is InChI=1S/C16H24N4O2/c1-2-3-4-7-17-14-5-6-15(18-12-14)16(22)20-10-8-19(13-21)9-11-20/h5-6,12-13,17H,2-4,7-11H2,1H3. The van der Waals surface area contributed by atoms with E-state index >= 15 is 0 Å². The first-order chi connectivity index (χ1) is 10.7. The molecule has 0 spiro atoms. The normalized spacial score (nSPS) is 14.8. The Hall–Kier alpha value is -2.11. The van der Waals surface area contributed by atoms with E-state index in [9.17, 15) is 9.59 Å². The SMILES string of the molecule is CCCCCNc1ccc(C(=O)N2CCN(C=O)CC2)nc1. The molecule has 2 heterocycles. The molecule has 1 saturated heterocycles. The van der Waals surface area contributed by atoms with E-state index in [2.05, 4.69) is 17.2 Å². The molecule has 0 atom stereocenters. The van der Waals surface area contributed by atoms with Crippen LogP contribution in [0.25, 0.3) is 0 Å². The van der Waals surface area contributed by atoms with E-state index in [0.29, 0.717) is 31.9 Å². The Morgan fingerprint density at radius 2 is 2.05 bits per heavy atom. The van der Waals surface area contributed by atoms with E-state index in [1.807, 2.05) is 6.07 Å². The maximum atomic E-state index is 12.3. The number of nitrogens with zero attached hydrogens (tertiary/aromatic N) is 3. The van der Waals surface area contributed by atoms with Crippen molar-refractivity contribution in [3.8, 4) is 0 Å². The van der Waals surface area contributed by atoms with Crippen LogP contribution in [-0.2, 0) is 4.79 Å². The number of hydrogen-bond acceptors (Lipinski definition) is 4. The van der Waals surface area contributed by atoms with Gasteiger partial charge in [-0.15, -0.1) is 0 Å². The van der Waals surface area contributed by atoms with Gasteiger partial charge >= 0.3 is 0 Å². The predicted octanol–water partition coefficient (Wildman–Crippen LogP) is 1.60. The molecule has 0 unspecified atom stereocenters. The minimum absolute atomic E-state index is 0.0666. The van der Waals surface area contributed by atoms with Gasteiger partial charge in [-0.1, -0.05) is 19.8 Å². The van der Waals surface area contributed by atoms with Gasteiger partial charge in [-0.25, -0.2) is 4.98 Å². The van der Waals surface area contributed by atoms with Crippen molar-refractivity contribution in [1.82, 2.24) is 14.8 Å². The number of hydrogen-bond donors (Lipinski definition) is 1. The van der Waals surface area contributed by atoms with Crippen LogP contribution in [0.4, 0.5) is 5.69 Å². The highest BCUT2D eigenvalue weighted by Gasteiger charge is 2.21. The van der Waals surface area contributed by atoms with E-state index in [0.717, 1.165) is 25.1 Å². The third kappa shape index (κ3) is 4.44. The topological polar surface area (TPSA) is 65.5 Å². The monoisotopic (exact) mass is 304 g/mol. The zero-order valence-electron chi connectivity index (χ0n) is 13.1. The number of amides is 2. The van der Waals surface area contributed by atoms with Gasteiger partial charge in [-0.2, -0.15) is 0 Å². The molecule has 0 radical (unpaired) electrons. The number of aromatic nitrogens is 1. The Bertz CT molecular complexity index is 481. The van der Waals surface area contributed by atoms with Gasteiger partial charge in [0.05, 0.1) is 11.9 Å². The molecule has 0 bridgehead atoms. The number of nitrogens with one attached hydrogen (secondary N) is 1. The summed E-state index contributed by atoms with van der Waals surface area (Å²) in [5.41, 5.74) is 1.40. The molecule has 6 nitrogen and oxygen atoms in total. The molecule has 6 heteroatoms. The molecule has 1 aliphatic heterocycles. The molecule has 0 aliphatic carbocycles. The summed E-state index contributed by atoms with van der Waals surface area (Å²) in [6, 6.07) is 3.66. The third-order valence-corrected chi connectivity index (χ3v) is 3.84. The Morgan fingerprint density at radius 3 is 2.64 bits per heavy atom. The van der Waals surface area contributed by atoms with Crippen molar-refractivity contribution >= 4 is 18.0 Å². The second kappa shape index (κ2) is 8.36. The molecule has 22 heavy (non-hydrogen) atoms. The van der Waals surface area contributed by atoms with Gasteiger partial charge in [0.2, 0.25) is 6.41 Å². The number of pyridine rings is 1. The molecule has 1 aliphatic rings. The summed E-state index contributed by atoms with van der Waals surface area (Å²) < 4.78 is 0. The van der Waals surface area contributed by atoms with Crippen LogP contribution in [0.5, 0.6) is 0 Å². The van der Waals surface area contributed by atoms with Crippen molar-refractivity contribution in [2.24, 2.45) is 0 Å². The molecular weight excluding hydrogens is 280 g/mol. The van der Waals surface area contributed by atoms with Crippen LogP contribution < -0.4 is 5.32 Å². The van der Waals surface area contributed by atoms with Gasteiger partial charge in [0.1, 0.15) is 5.69 Å². The van der Waals surface area contributed by atoms with Gasteiger partial charge in [0.15, 0.2) is 0 Å². The molecule has 1 aromatic heterocycles. The predicted molar refractivity (Wildman–Crippen MR) is 85.8 cm³/mol. The van der Waals surface area contributed by atoms with Crippen molar-refractivity contribution < 1.29 is 9.59 Å². The van der Waals surface area contributed by atoms with Crippen molar-refractivity contribution in [2.45, 2.75) is 26.2 Å². The quantitative estimate of drug-likeness (QED) is 0.614. The number of rotatable bonds is 7. The first kappa shape index (κ1) is 16.3. The van der Waals surface area contributed by atoms with E-state index < -0.39 is 0 Å². The molecule has 1 fully saturated rings. The summed E-state index contributed by atoms with van der Waals surface area (Å²) in [6.07, 6.45) is 6.09. The van der Waals surface area contributed by atoms with E-state index in [1.165, 1.54) is 12.8 Å². The average Bonchev–Trinajstić information content (AvgIpc) is 2.59. The molecular formula is C16H24N4O2. The summed E-state index contributed by atoms with van der Waals surface area (Å²) >= 11 is 0. The fraction of sp³-hybridized carbons (Fsp3) is 0.562. The highest BCUT2D eigenvalue weighted by molar-refractivity contribution is 5.92. The summed E-state index contributed by atoms with van der Waals surface area (Å²) in [4.78, 5) is 30.7. The largest absolute Gasteiger partial charge is 0.384 e. The Morgan fingerprint density at radius 1 is 1.27 bits per heavy atom. The zero-order valence-corrected chi connectivity index (χ0v) is 13.1. The first-order valence-corrected chi connectivity index (χ1v) is 7.93. The van der Waals surface area contributed by atoms with Crippen molar-refractivity contribution in [2.75, 3.05) is 38.0 Å². The molecule has 120 valence electrons. The minimum atomic E-state index is -0.0666. The molecule has 0 saturated carbocycles. The first-order valence-electron chi connectivity index (χ1n) is 7.93. The van der Waals surface area contributed by atoms with Crippen LogP contribution in [0.1, 0.15) is 36.7 Å². The van der Waals surface area contributed by atoms with E-state index in [4.69, 9.17) is 0 Å². The lowest BCUT2D eigenvalue weighted by atomic mass is 10.2. The van der Waals surface area contributed by atoms with Crippen LogP contribution in [0, 0.1) is 0 Å². The Labute approximate surface area is 131 Å². The van der Waals surface area contributed by atoms with Crippen LogP contribution in [0.15, 0.2) is 18.3 Å². The zero-order chi connectivity index (χ0) is 15.8. The number of unbranched alkanes of at least 4 members (excludes halogenated alkanes) is 2. The second-order valence-corrected chi connectivity index (χ2v) is 5.50. The molecule has 2 rings (SSSR count). The average molecular weight is 304 g/mol. The van der Waals surface area contributed by atoms with Crippen LogP contribution >= 0.6 is 0 Å². The van der Waals surface area contributed by atoms with Gasteiger partial charge in [0, 0.05) is 32.7 Å². The fourth-order valence-electron chi connectivity index (χ4n) is 2.43. The lowest BCUT2D eigenvalue weighted by Gasteiger charge is -2.32. The summed E-state index contributed by atoms with van der Waals surface area (Å²) in [5.74, 6) is -0.0666. The molecule has 0 aromatic carbocycles. The van der Waals surface area contributed by atoms with Crippen LogP contribution in [0.2, 0.25) is 0 Å². The van der Waals surface area contributed by atoms with Gasteiger partial charge in [0.25, 0.3) is 5.91 Å². The number of carbonyl (C=O) groups is 2. The summed E-state index contributed by atoms with van der Waals surface area (Å²) in [6.45, 7) is 5.42. The lowest BCUT2D eigenvalue weighted by molar-refractivity contribution is -0.119. The van der Waals surface area contributed by atoms with Crippen LogP contribution in [-0.4, -0.2) is 59.8 Å². The summed E-state index contributed by atoms with van der Waals surface area (Å²) in [5, 5.41) is 3.31. The molecule has 1 N–H and O–H groups in total. The number of carbonyl (C=O) groups excluding carboxylic acids is 2. The third-order valence-electron chi connectivity index (χ3n) is 3.84. The summed E-state index contributed by atoms with van der Waals surface area (Å²) in [7, 11) is 0. The van der Waals surface area contributed by atoms with Gasteiger partial charge < -0.3 is 15.1 Å². The molecule has 1 aromatic rings. The highest BCUT2D eigenvalue weighted by atomic mass is 16.2. The van der Waals surface area contributed by atoms with Crippen molar-refractivity contribution in [3.05, 3.63) is 24.0 Å². The maximum Gasteiger partial charge on any atom is 0.272 e. The minimum Gasteiger partial charge on any atom is -0.384 e. The Kier molecular flexibility index (Phi) is 6.18. The van der Waals surface area contributed by atoms with Crippen LogP contribution in [0.3, 0.4) is 0 Å². The lowest BCUT2D eigenvalue weighted by Crippen LogP contribution is -2.48. The van der Waals surface area contributed by atoms with Crippen molar-refractivity contribution in [3.63, 3.8) is 0 Å². The highest BCUT2D eigenvalue weighted by Crippen LogP contribution is 2.10. The second-order valence-electron chi connectivity index (χ2n) is 5.50. The van der Waals surface area contributed by atoms with Crippen molar-refractivity contribution in [1.29, 1.82) is 0 Å². The van der Waals surface area contributed by atoms with Gasteiger partial charge in [-0.05, 0) is 18.6 Å². The molecule has 2 amide bonds. The maximum absolute atomic E-state index is 12.3.